The van der Waals surface area contributed by atoms with E-state index in [-0.39, 0.29) is 22.5 Å². The third-order valence-electron chi connectivity index (χ3n) is 6.61. The smallest absolute Gasteiger partial charge is 0.308 e. The van der Waals surface area contributed by atoms with Crippen LogP contribution in [0.25, 0.3) is 22.3 Å². The van der Waals surface area contributed by atoms with E-state index in [9.17, 15) is 50.1 Å². The Morgan fingerprint density at radius 2 is 1.61 bits per heavy atom. The number of carboxylic acid groups (broad SMARTS) is 1. The van der Waals surface area contributed by atoms with Crippen LogP contribution in [0, 0.1) is 0 Å². The fourth-order valence-electron chi connectivity index (χ4n) is 4.62. The van der Waals surface area contributed by atoms with Gasteiger partial charge in [0, 0.05) is 17.7 Å². The lowest BCUT2D eigenvalue weighted by Crippen LogP contribution is -2.55. The summed E-state index contributed by atoms with van der Waals surface area (Å²) in [5.74, 6) is -3.86. The number of rotatable bonds is 8. The predicted octanol–water partition coefficient (Wildman–Crippen LogP) is 0.258. The van der Waals surface area contributed by atoms with Gasteiger partial charge in [0.2, 0.25) is 0 Å². The van der Waals surface area contributed by atoms with Crippen molar-refractivity contribution in [2.24, 2.45) is 0 Å². The molecule has 2 heterocycles. The number of aromatic hydroxyl groups is 3. The molecule has 220 valence electrons. The number of benzene rings is 2. The number of aliphatic hydroxyl groups is 4. The van der Waals surface area contributed by atoms with E-state index in [4.69, 9.17) is 19.0 Å². The number of esters is 1. The van der Waals surface area contributed by atoms with Gasteiger partial charge in [0.05, 0.1) is 24.0 Å². The highest BCUT2D eigenvalue weighted by atomic mass is 16.6. The van der Waals surface area contributed by atoms with Gasteiger partial charge in [-0.3, -0.25) is 14.4 Å². The van der Waals surface area contributed by atoms with Crippen molar-refractivity contribution in [3.05, 3.63) is 52.2 Å². The first kappa shape index (κ1) is 29.8. The lowest BCUT2D eigenvalue weighted by molar-refractivity contribution is -0.235. The lowest BCUT2D eigenvalue weighted by atomic mass is 9.89. The van der Waals surface area contributed by atoms with Gasteiger partial charge in [0.1, 0.15) is 65.5 Å². The second-order valence-electron chi connectivity index (χ2n) is 10.0. The second kappa shape index (κ2) is 11.3. The molecule has 0 bridgehead atoms. The fourth-order valence-corrected chi connectivity index (χ4v) is 4.62. The third kappa shape index (κ3) is 6.26. The first-order chi connectivity index (χ1) is 19.2. The van der Waals surface area contributed by atoms with Crippen LogP contribution < -0.4 is 5.43 Å². The van der Waals surface area contributed by atoms with Crippen molar-refractivity contribution in [2.45, 2.75) is 55.9 Å². The van der Waals surface area contributed by atoms with E-state index in [0.717, 1.165) is 19.1 Å². The Kier molecular flexibility index (Phi) is 8.24. The minimum absolute atomic E-state index is 0.0430. The zero-order chi connectivity index (χ0) is 30.2. The van der Waals surface area contributed by atoms with Crippen LogP contribution in [0.4, 0.5) is 0 Å². The summed E-state index contributed by atoms with van der Waals surface area (Å²) >= 11 is 0. The van der Waals surface area contributed by atoms with Crippen molar-refractivity contribution in [3.63, 3.8) is 0 Å². The zero-order valence-electron chi connectivity index (χ0n) is 21.5. The minimum atomic E-state index is -1.93. The Morgan fingerprint density at radius 1 is 0.951 bits per heavy atom. The third-order valence-corrected chi connectivity index (χ3v) is 6.61. The van der Waals surface area contributed by atoms with Gasteiger partial charge < -0.3 is 54.7 Å². The molecule has 1 aliphatic rings. The highest BCUT2D eigenvalue weighted by Gasteiger charge is 2.47. The molecule has 6 atom stereocenters. The topological polar surface area (TPSA) is 245 Å². The molecule has 41 heavy (non-hydrogen) atoms. The highest BCUT2D eigenvalue weighted by molar-refractivity contribution is 5.89. The summed E-state index contributed by atoms with van der Waals surface area (Å²) in [6.07, 6.45) is -10.3. The quantitative estimate of drug-likeness (QED) is 0.168. The van der Waals surface area contributed by atoms with Crippen molar-refractivity contribution < 1.29 is 64.3 Å². The van der Waals surface area contributed by atoms with Crippen LogP contribution in [0.3, 0.4) is 0 Å². The van der Waals surface area contributed by atoms with Gasteiger partial charge in [-0.25, -0.2) is 0 Å². The van der Waals surface area contributed by atoms with Crippen molar-refractivity contribution in [2.75, 3.05) is 6.61 Å². The minimum Gasteiger partial charge on any atom is -0.508 e. The van der Waals surface area contributed by atoms with Gasteiger partial charge in [-0.2, -0.15) is 0 Å². The van der Waals surface area contributed by atoms with Gasteiger partial charge in [0.25, 0.3) is 0 Å². The monoisotopic (exact) mass is 576 g/mol. The molecule has 2 aromatic carbocycles. The first-order valence-electron chi connectivity index (χ1n) is 12.3. The molecule has 3 aromatic rings. The molecule has 14 heteroatoms. The lowest BCUT2D eigenvalue weighted by Gasteiger charge is -2.40. The van der Waals surface area contributed by atoms with E-state index >= 15 is 0 Å². The molecule has 14 nitrogen and oxygen atoms in total. The van der Waals surface area contributed by atoms with Crippen molar-refractivity contribution in [1.29, 1.82) is 0 Å². The summed E-state index contributed by atoms with van der Waals surface area (Å²) in [6.45, 7) is 0.395. The Bertz CT molecular complexity index is 1510. The first-order valence-corrected chi connectivity index (χ1v) is 12.3. The van der Waals surface area contributed by atoms with Gasteiger partial charge >= 0.3 is 11.9 Å². The summed E-state index contributed by atoms with van der Waals surface area (Å²) in [4.78, 5) is 36.1. The summed E-state index contributed by atoms with van der Waals surface area (Å²) in [7, 11) is 0. The van der Waals surface area contributed by atoms with Crippen LogP contribution in [0.15, 0.2) is 45.6 Å². The number of phenols is 3. The van der Waals surface area contributed by atoms with E-state index in [1.165, 1.54) is 24.3 Å². The van der Waals surface area contributed by atoms with Crippen LogP contribution in [0.5, 0.6) is 17.2 Å². The second-order valence-corrected chi connectivity index (χ2v) is 10.0. The largest absolute Gasteiger partial charge is 0.508 e. The molecule has 0 spiro atoms. The van der Waals surface area contributed by atoms with Crippen molar-refractivity contribution >= 4 is 22.9 Å². The molecule has 0 aliphatic carbocycles. The molecule has 0 amide bonds. The number of aliphatic carboxylic acids is 1. The number of carboxylic acids is 1. The SMILES string of the molecule is C[C@@](O)(CC(=O)O)CC(=O)OC[C@@H]1O[C@@H](c2c(O)cc(O)c3c(=O)cc(-c4ccc(O)cc4)oc23)[C@H](O)[C@H](O)[C@H]1O. The van der Waals surface area contributed by atoms with Gasteiger partial charge in [-0.1, -0.05) is 0 Å². The maximum absolute atomic E-state index is 13.0. The fraction of sp³-hybridized carbons (Fsp3) is 0.370. The number of carbonyl (C=O) groups is 2. The molecule has 1 aromatic heterocycles. The van der Waals surface area contributed by atoms with Gasteiger partial charge in [0.15, 0.2) is 11.0 Å². The van der Waals surface area contributed by atoms with Crippen LogP contribution in [0.1, 0.15) is 31.4 Å². The van der Waals surface area contributed by atoms with Crippen molar-refractivity contribution in [3.8, 4) is 28.6 Å². The summed E-state index contributed by atoms with van der Waals surface area (Å²) in [6, 6.07) is 7.41. The Morgan fingerprint density at radius 3 is 2.24 bits per heavy atom. The van der Waals surface area contributed by atoms with Gasteiger partial charge in [-0.05, 0) is 31.2 Å². The van der Waals surface area contributed by atoms with Crippen LogP contribution in [-0.2, 0) is 19.1 Å². The number of hydrogen-bond acceptors (Lipinski definition) is 13. The molecule has 0 saturated carbocycles. The Balaban J connectivity index is 1.69. The zero-order valence-corrected chi connectivity index (χ0v) is 21.5. The number of phenolic OH excluding ortho intramolecular Hbond substituents is 3. The van der Waals surface area contributed by atoms with E-state index in [1.54, 1.807) is 0 Å². The maximum Gasteiger partial charge on any atom is 0.308 e. The molecule has 1 saturated heterocycles. The molecule has 0 radical (unpaired) electrons. The molecular formula is C27H28O14. The molecule has 0 unspecified atom stereocenters. The van der Waals surface area contributed by atoms with E-state index < -0.39 is 90.0 Å². The van der Waals surface area contributed by atoms with Crippen LogP contribution >= 0.6 is 0 Å². The average molecular weight is 577 g/mol. The Labute approximate surface area is 230 Å². The standard InChI is InChI=1S/C27H28O14/c1-27(38,8-18(32)33)9-19(34)39-10-17-22(35)23(36)24(37)26(41-17)21-14(30)6-13(29)20-15(31)7-16(40-25(20)21)11-2-4-12(28)5-3-11/h2-7,17,22-24,26,28-30,35-38H,8-10H2,1H3,(H,32,33)/t17-,22-,23+,24+,26-,27+/m0/s1. The summed E-state index contributed by atoms with van der Waals surface area (Å²) in [5, 5.41) is 81.1. The van der Waals surface area contributed by atoms with E-state index in [0.29, 0.717) is 5.56 Å². The number of fused-ring (bicyclic) bond motifs is 1. The van der Waals surface area contributed by atoms with Crippen LogP contribution in [0.2, 0.25) is 0 Å². The normalized spacial score (nSPS) is 24.1. The number of ether oxygens (including phenoxy) is 2. The number of carbonyl (C=O) groups excluding carboxylic acids is 1. The molecular weight excluding hydrogens is 548 g/mol. The average Bonchev–Trinajstić information content (AvgIpc) is 2.86. The van der Waals surface area contributed by atoms with E-state index in [2.05, 4.69) is 0 Å². The number of hydrogen-bond donors (Lipinski definition) is 8. The Hall–Kier alpha value is -4.21. The number of aliphatic hydroxyl groups excluding tert-OH is 3. The summed E-state index contributed by atoms with van der Waals surface area (Å²) in [5.41, 5.74) is -3.12. The maximum atomic E-state index is 13.0. The van der Waals surface area contributed by atoms with Crippen molar-refractivity contribution in [1.82, 2.24) is 0 Å². The molecule has 8 N–H and O–H groups in total. The van der Waals surface area contributed by atoms with Gasteiger partial charge in [-0.15, -0.1) is 0 Å². The van der Waals surface area contributed by atoms with Crippen LogP contribution in [-0.4, -0.2) is 89.4 Å². The molecule has 1 aliphatic heterocycles. The highest BCUT2D eigenvalue weighted by Crippen LogP contribution is 2.43. The molecule has 1 fully saturated rings. The molecule has 4 rings (SSSR count). The predicted molar refractivity (Wildman–Crippen MR) is 137 cm³/mol. The summed E-state index contributed by atoms with van der Waals surface area (Å²) < 4.78 is 16.6. The van der Waals surface area contributed by atoms with E-state index in [1.807, 2.05) is 0 Å².